The second kappa shape index (κ2) is 11.4. The lowest BCUT2D eigenvalue weighted by atomic mass is 10.3. The molecule has 0 amide bonds. The van der Waals surface area contributed by atoms with Crippen LogP contribution in [0.3, 0.4) is 0 Å². The van der Waals surface area contributed by atoms with E-state index < -0.39 is 0 Å². The molecule has 0 unspecified atom stereocenters. The van der Waals surface area contributed by atoms with Gasteiger partial charge in [-0.1, -0.05) is 11.6 Å². The van der Waals surface area contributed by atoms with E-state index in [-0.39, 0.29) is 0 Å². The predicted octanol–water partition coefficient (Wildman–Crippen LogP) is 2.04. The number of thiocarbonyl (C=S) groups is 2. The van der Waals surface area contributed by atoms with Gasteiger partial charge in [-0.3, -0.25) is 0 Å². The van der Waals surface area contributed by atoms with Gasteiger partial charge >= 0.3 is 0 Å². The fourth-order valence-corrected chi connectivity index (χ4v) is 2.48. The Morgan fingerprint density at radius 2 is 1.44 bits per heavy atom. The van der Waals surface area contributed by atoms with E-state index in [1.807, 2.05) is 46.4 Å². The van der Waals surface area contributed by atoms with Crippen LogP contribution < -0.4 is 21.3 Å². The van der Waals surface area contributed by atoms with E-state index in [1.54, 1.807) is 0 Å². The van der Waals surface area contributed by atoms with Gasteiger partial charge in [-0.15, -0.1) is 0 Å². The Hall–Kier alpha value is -1.19. The zero-order chi connectivity index (χ0) is 18.8. The number of hydrogen-bond donors (Lipinski definition) is 4. The molecule has 0 spiro atoms. The molecule has 4 N–H and O–H groups in total. The van der Waals surface area contributed by atoms with E-state index in [4.69, 9.17) is 36.0 Å². The fraction of sp³-hybridized carbons (Fsp3) is 0.500. The van der Waals surface area contributed by atoms with Crippen molar-refractivity contribution in [2.45, 2.75) is 0 Å². The molecule has 0 bridgehead atoms. The summed E-state index contributed by atoms with van der Waals surface area (Å²) in [6.45, 7) is 3.35. The van der Waals surface area contributed by atoms with Gasteiger partial charge in [0, 0.05) is 31.9 Å². The summed E-state index contributed by atoms with van der Waals surface area (Å²) < 4.78 is 0. The first kappa shape index (κ1) is 21.9. The molecule has 0 saturated carbocycles. The number of halogens is 1. The summed E-state index contributed by atoms with van der Waals surface area (Å²) in [5, 5.41) is 14.2. The van der Waals surface area contributed by atoms with Crippen molar-refractivity contribution in [1.82, 2.24) is 20.4 Å². The molecule has 25 heavy (non-hydrogen) atoms. The van der Waals surface area contributed by atoms with E-state index in [0.29, 0.717) is 15.2 Å². The molecule has 0 fully saturated rings. The largest absolute Gasteiger partial charge is 0.361 e. The maximum absolute atomic E-state index is 6.32. The van der Waals surface area contributed by atoms with Gasteiger partial charge in [0.2, 0.25) is 0 Å². The third-order valence-electron chi connectivity index (χ3n) is 3.16. The maximum Gasteiger partial charge on any atom is 0.170 e. The molecule has 0 saturated heterocycles. The summed E-state index contributed by atoms with van der Waals surface area (Å²) in [6.07, 6.45) is 0. The average molecular weight is 403 g/mol. The van der Waals surface area contributed by atoms with Crippen LogP contribution in [0.1, 0.15) is 0 Å². The van der Waals surface area contributed by atoms with Crippen LogP contribution in [0.25, 0.3) is 0 Å². The molecule has 9 heteroatoms. The quantitative estimate of drug-likeness (QED) is 0.493. The molecule has 0 atom stereocenters. The van der Waals surface area contributed by atoms with Crippen molar-refractivity contribution in [3.05, 3.63) is 23.2 Å². The number of nitrogens with one attached hydrogen (secondary N) is 4. The second-order valence-electron chi connectivity index (χ2n) is 6.06. The molecule has 6 nitrogen and oxygen atoms in total. The van der Waals surface area contributed by atoms with Crippen molar-refractivity contribution in [2.75, 3.05) is 65.0 Å². The number of likely N-dealkylation sites (N-methyl/N-ethyl adjacent to an activating group) is 2. The number of benzene rings is 1. The third kappa shape index (κ3) is 9.76. The van der Waals surface area contributed by atoms with Crippen LogP contribution in [0, 0.1) is 0 Å². The molecule has 1 aromatic rings. The van der Waals surface area contributed by atoms with Gasteiger partial charge in [0.05, 0.1) is 10.7 Å². The smallest absolute Gasteiger partial charge is 0.170 e. The summed E-state index contributed by atoms with van der Waals surface area (Å²) in [4.78, 5) is 4.17. The summed E-state index contributed by atoms with van der Waals surface area (Å²) in [6, 6.07) is 5.58. The van der Waals surface area contributed by atoms with Gasteiger partial charge in [-0.2, -0.15) is 0 Å². The van der Waals surface area contributed by atoms with Crippen molar-refractivity contribution in [1.29, 1.82) is 0 Å². The minimum Gasteiger partial charge on any atom is -0.361 e. The molecule has 1 rings (SSSR count). The predicted molar refractivity (Wildman–Crippen MR) is 117 cm³/mol. The Bertz CT molecular complexity index is 580. The first-order chi connectivity index (χ1) is 11.8. The molecule has 140 valence electrons. The summed E-state index contributed by atoms with van der Waals surface area (Å²) in [5.41, 5.74) is 1.57. The topological polar surface area (TPSA) is 54.6 Å². The van der Waals surface area contributed by atoms with E-state index in [9.17, 15) is 0 Å². The summed E-state index contributed by atoms with van der Waals surface area (Å²) >= 11 is 16.9. The number of rotatable bonds is 8. The van der Waals surface area contributed by atoms with Crippen molar-refractivity contribution in [2.24, 2.45) is 0 Å². The summed E-state index contributed by atoms with van der Waals surface area (Å²) in [7, 11) is 8.06. The Balaban J connectivity index is 2.48. The van der Waals surface area contributed by atoms with Gasteiger partial charge in [0.1, 0.15) is 0 Å². The van der Waals surface area contributed by atoms with Gasteiger partial charge in [0.25, 0.3) is 0 Å². The average Bonchev–Trinajstić information content (AvgIpc) is 2.49. The lowest BCUT2D eigenvalue weighted by molar-refractivity contribution is 0.413. The number of hydrogen-bond acceptors (Lipinski definition) is 4. The molecule has 0 radical (unpaired) electrons. The van der Waals surface area contributed by atoms with Gasteiger partial charge in [0.15, 0.2) is 10.2 Å². The molecule has 0 heterocycles. The van der Waals surface area contributed by atoms with Crippen LogP contribution in [-0.4, -0.2) is 74.4 Å². The molecule has 0 aliphatic heterocycles. The highest BCUT2D eigenvalue weighted by Crippen LogP contribution is 2.25. The first-order valence-corrected chi connectivity index (χ1v) is 9.16. The molecule has 0 aliphatic rings. The zero-order valence-corrected chi connectivity index (χ0v) is 17.5. The van der Waals surface area contributed by atoms with Gasteiger partial charge in [-0.25, -0.2) is 0 Å². The Morgan fingerprint density at radius 1 is 0.920 bits per heavy atom. The normalized spacial score (nSPS) is 10.7. The molecule has 0 aliphatic carbocycles. The van der Waals surface area contributed by atoms with Crippen molar-refractivity contribution in [3.8, 4) is 0 Å². The SMILES string of the molecule is CN(C)CCNC(=S)Nc1ccc(NC(=S)NCCN(C)C)c(Cl)c1. The van der Waals surface area contributed by atoms with E-state index >= 15 is 0 Å². The highest BCUT2D eigenvalue weighted by Gasteiger charge is 2.05. The van der Waals surface area contributed by atoms with Crippen molar-refractivity contribution < 1.29 is 0 Å². The first-order valence-electron chi connectivity index (χ1n) is 7.96. The molecular formula is C16H27ClN6S2. The monoisotopic (exact) mass is 402 g/mol. The van der Waals surface area contributed by atoms with E-state index in [0.717, 1.165) is 37.6 Å². The highest BCUT2D eigenvalue weighted by molar-refractivity contribution is 7.80. The maximum atomic E-state index is 6.32. The fourth-order valence-electron chi connectivity index (χ4n) is 1.82. The van der Waals surface area contributed by atoms with Gasteiger partial charge in [-0.05, 0) is 70.8 Å². The van der Waals surface area contributed by atoms with Crippen molar-refractivity contribution in [3.63, 3.8) is 0 Å². The van der Waals surface area contributed by atoms with Crippen LogP contribution in [0.5, 0.6) is 0 Å². The van der Waals surface area contributed by atoms with Crippen molar-refractivity contribution >= 4 is 57.6 Å². The minimum atomic E-state index is 0.547. The lowest BCUT2D eigenvalue weighted by Gasteiger charge is -2.16. The molecular weight excluding hydrogens is 376 g/mol. The second-order valence-corrected chi connectivity index (χ2v) is 7.29. The Morgan fingerprint density at radius 3 is 1.92 bits per heavy atom. The standard InChI is InChI=1S/C16H27ClN6S2/c1-22(2)9-7-18-15(24)20-12-5-6-14(13(17)11-12)21-16(25)19-8-10-23(3)4/h5-6,11H,7-10H2,1-4H3,(H2,18,20,24)(H2,19,21,25). The van der Waals surface area contributed by atoms with E-state index in [1.165, 1.54) is 0 Å². The number of nitrogens with zero attached hydrogens (tertiary/aromatic N) is 2. The molecule has 0 aromatic heterocycles. The zero-order valence-electron chi connectivity index (χ0n) is 15.1. The highest BCUT2D eigenvalue weighted by atomic mass is 35.5. The van der Waals surface area contributed by atoms with E-state index in [2.05, 4.69) is 31.1 Å². The van der Waals surface area contributed by atoms with Crippen LogP contribution in [0.4, 0.5) is 11.4 Å². The summed E-state index contributed by atoms with van der Waals surface area (Å²) in [5.74, 6) is 0. The number of anilines is 2. The van der Waals surface area contributed by atoms with Crippen LogP contribution >= 0.6 is 36.0 Å². The van der Waals surface area contributed by atoms with Gasteiger partial charge < -0.3 is 31.1 Å². The Kier molecular flexibility index (Phi) is 9.99. The molecule has 1 aromatic carbocycles. The van der Waals surface area contributed by atoms with Crippen LogP contribution in [0.2, 0.25) is 5.02 Å². The Labute approximate surface area is 166 Å². The minimum absolute atomic E-state index is 0.547. The third-order valence-corrected chi connectivity index (χ3v) is 3.97. The van der Waals surface area contributed by atoms with Crippen LogP contribution in [0.15, 0.2) is 18.2 Å². The lowest BCUT2D eigenvalue weighted by Crippen LogP contribution is -2.34. The van der Waals surface area contributed by atoms with Crippen LogP contribution in [-0.2, 0) is 0 Å².